The van der Waals surface area contributed by atoms with E-state index in [9.17, 15) is 4.79 Å². The molecule has 0 unspecified atom stereocenters. The Morgan fingerprint density at radius 3 is 2.91 bits per heavy atom. The minimum atomic E-state index is -0.193. The molecule has 4 nitrogen and oxygen atoms in total. The lowest BCUT2D eigenvalue weighted by molar-refractivity contribution is 0.103. The van der Waals surface area contributed by atoms with Crippen molar-refractivity contribution in [2.45, 2.75) is 0 Å². The highest BCUT2D eigenvalue weighted by Gasteiger charge is 2.13. The normalized spacial score (nSPS) is 11.0. The number of hydrogen-bond acceptors (Lipinski definition) is 4. The van der Waals surface area contributed by atoms with Crippen molar-refractivity contribution < 1.29 is 4.79 Å². The van der Waals surface area contributed by atoms with Crippen molar-refractivity contribution in [3.63, 3.8) is 0 Å². The summed E-state index contributed by atoms with van der Waals surface area (Å²) in [5, 5.41) is 6.43. The highest BCUT2D eigenvalue weighted by molar-refractivity contribution is 7.18. The van der Waals surface area contributed by atoms with E-state index < -0.39 is 0 Å². The predicted octanol–water partition coefficient (Wildman–Crippen LogP) is 5.26. The summed E-state index contributed by atoms with van der Waals surface area (Å²) in [6.07, 6.45) is 1.93. The number of nitrogens with zero attached hydrogens (tertiary/aromatic N) is 1. The van der Waals surface area contributed by atoms with Crippen LogP contribution in [0.25, 0.3) is 22.2 Å². The van der Waals surface area contributed by atoms with Crippen molar-refractivity contribution >= 4 is 56.2 Å². The highest BCUT2D eigenvalue weighted by atomic mass is 35.5. The van der Waals surface area contributed by atoms with E-state index in [1.54, 1.807) is 12.1 Å². The van der Waals surface area contributed by atoms with E-state index in [1.807, 2.05) is 35.8 Å². The first-order valence-corrected chi connectivity index (χ1v) is 8.87. The minimum Gasteiger partial charge on any atom is -0.360 e. The predicted molar refractivity (Wildman–Crippen MR) is 96.7 cm³/mol. The Morgan fingerprint density at radius 2 is 2.09 bits per heavy atom. The number of aromatic amines is 1. The molecule has 114 valence electrons. The van der Waals surface area contributed by atoms with Gasteiger partial charge in [-0.2, -0.15) is 0 Å². The molecule has 4 rings (SSSR count). The van der Waals surface area contributed by atoms with Crippen LogP contribution >= 0.6 is 34.3 Å². The van der Waals surface area contributed by atoms with Crippen LogP contribution in [0.5, 0.6) is 0 Å². The maximum atomic E-state index is 12.1. The van der Waals surface area contributed by atoms with Gasteiger partial charge in [0.15, 0.2) is 5.13 Å². The fourth-order valence-corrected chi connectivity index (χ4v) is 3.98. The summed E-state index contributed by atoms with van der Waals surface area (Å²) >= 11 is 8.50. The molecule has 0 spiro atoms. The van der Waals surface area contributed by atoms with Crippen molar-refractivity contribution in [3.05, 3.63) is 57.2 Å². The number of amides is 1. The zero-order chi connectivity index (χ0) is 15.8. The minimum absolute atomic E-state index is 0.193. The molecule has 3 aromatic heterocycles. The standard InChI is InChI=1S/C16H10ClN3OS2/c17-14-6-5-13(23-14)15(21)20-16-19-12(8-22-16)10-7-18-11-4-2-1-3-9(10)11/h1-8,18H,(H,19,20,21). The fraction of sp³-hybridized carbons (Fsp3) is 0. The molecule has 0 radical (unpaired) electrons. The molecule has 0 bridgehead atoms. The summed E-state index contributed by atoms with van der Waals surface area (Å²) < 4.78 is 0.591. The second-order valence-corrected chi connectivity index (χ2v) is 7.42. The van der Waals surface area contributed by atoms with Gasteiger partial charge in [0, 0.05) is 28.0 Å². The Hall–Kier alpha value is -2.15. The number of H-pyrrole nitrogens is 1. The Balaban J connectivity index is 1.60. The monoisotopic (exact) mass is 359 g/mol. The smallest absolute Gasteiger partial charge is 0.267 e. The zero-order valence-corrected chi connectivity index (χ0v) is 14.1. The number of halogens is 1. The number of aromatic nitrogens is 2. The van der Waals surface area contributed by atoms with Gasteiger partial charge < -0.3 is 4.98 Å². The van der Waals surface area contributed by atoms with Crippen LogP contribution in [-0.4, -0.2) is 15.9 Å². The number of thiophene rings is 1. The molecular formula is C16H10ClN3OS2. The first kappa shape index (κ1) is 14.4. The average molecular weight is 360 g/mol. The topological polar surface area (TPSA) is 57.8 Å². The molecule has 0 saturated heterocycles. The Bertz CT molecular complexity index is 1000. The average Bonchev–Trinajstić information content (AvgIpc) is 3.26. The molecule has 0 aliphatic heterocycles. The molecule has 4 aromatic rings. The lowest BCUT2D eigenvalue weighted by atomic mass is 10.1. The maximum absolute atomic E-state index is 12.1. The Labute approximate surface area is 144 Å². The van der Waals surface area contributed by atoms with Crippen LogP contribution in [-0.2, 0) is 0 Å². The van der Waals surface area contributed by atoms with Crippen molar-refractivity contribution in [2.24, 2.45) is 0 Å². The fourth-order valence-electron chi connectivity index (χ4n) is 2.33. The second-order valence-electron chi connectivity index (χ2n) is 4.84. The molecule has 1 aromatic carbocycles. The van der Waals surface area contributed by atoms with Crippen LogP contribution < -0.4 is 5.32 Å². The summed E-state index contributed by atoms with van der Waals surface area (Å²) in [6.45, 7) is 0. The van der Waals surface area contributed by atoms with E-state index in [4.69, 9.17) is 11.6 Å². The lowest BCUT2D eigenvalue weighted by Gasteiger charge is -1.98. The van der Waals surface area contributed by atoms with Crippen molar-refractivity contribution in [1.29, 1.82) is 0 Å². The van der Waals surface area contributed by atoms with Crippen LogP contribution in [0.15, 0.2) is 48.0 Å². The van der Waals surface area contributed by atoms with Gasteiger partial charge in [-0.25, -0.2) is 4.98 Å². The molecule has 7 heteroatoms. The number of thiazole rings is 1. The van der Waals surface area contributed by atoms with E-state index >= 15 is 0 Å². The van der Waals surface area contributed by atoms with Crippen molar-refractivity contribution in [1.82, 2.24) is 9.97 Å². The zero-order valence-electron chi connectivity index (χ0n) is 11.7. The van der Waals surface area contributed by atoms with Gasteiger partial charge in [0.1, 0.15) is 0 Å². The Morgan fingerprint density at radius 1 is 1.22 bits per heavy atom. The molecule has 3 heterocycles. The third-order valence-corrected chi connectivity index (χ3v) is 5.37. The summed E-state index contributed by atoms with van der Waals surface area (Å²) in [7, 11) is 0. The van der Waals surface area contributed by atoms with Gasteiger partial charge in [0.25, 0.3) is 5.91 Å². The number of carbonyl (C=O) groups excluding carboxylic acids is 1. The molecule has 0 aliphatic rings. The lowest BCUT2D eigenvalue weighted by Crippen LogP contribution is -2.09. The van der Waals surface area contributed by atoms with E-state index in [-0.39, 0.29) is 5.91 Å². The number of fused-ring (bicyclic) bond motifs is 1. The van der Waals surface area contributed by atoms with Crippen molar-refractivity contribution in [3.8, 4) is 11.3 Å². The first-order chi connectivity index (χ1) is 11.2. The van der Waals surface area contributed by atoms with Gasteiger partial charge in [0.2, 0.25) is 0 Å². The quantitative estimate of drug-likeness (QED) is 0.524. The third kappa shape index (κ3) is 2.76. The van der Waals surface area contributed by atoms with Crippen LogP contribution in [0.2, 0.25) is 4.34 Å². The number of rotatable bonds is 3. The van der Waals surface area contributed by atoms with Gasteiger partial charge in [-0.15, -0.1) is 22.7 Å². The van der Waals surface area contributed by atoms with Gasteiger partial charge in [-0.05, 0) is 18.2 Å². The van der Waals surface area contributed by atoms with Gasteiger partial charge in [-0.1, -0.05) is 29.8 Å². The van der Waals surface area contributed by atoms with Crippen LogP contribution in [0, 0.1) is 0 Å². The largest absolute Gasteiger partial charge is 0.360 e. The SMILES string of the molecule is O=C(Nc1nc(-c2c[nH]c3ccccc23)cs1)c1ccc(Cl)s1. The number of anilines is 1. The highest BCUT2D eigenvalue weighted by Crippen LogP contribution is 2.31. The van der Waals surface area contributed by atoms with E-state index in [2.05, 4.69) is 15.3 Å². The number of hydrogen-bond donors (Lipinski definition) is 2. The molecular weight excluding hydrogens is 350 g/mol. The van der Waals surface area contributed by atoms with Crippen molar-refractivity contribution in [2.75, 3.05) is 5.32 Å². The van der Waals surface area contributed by atoms with Gasteiger partial charge >= 0.3 is 0 Å². The van der Waals surface area contributed by atoms with Crippen LogP contribution in [0.4, 0.5) is 5.13 Å². The van der Waals surface area contributed by atoms with E-state index in [0.717, 1.165) is 22.2 Å². The van der Waals surface area contributed by atoms with Crippen LogP contribution in [0.3, 0.4) is 0 Å². The Kier molecular flexibility index (Phi) is 3.65. The first-order valence-electron chi connectivity index (χ1n) is 6.79. The molecule has 23 heavy (non-hydrogen) atoms. The molecule has 0 atom stereocenters. The number of para-hydroxylation sites is 1. The molecule has 0 fully saturated rings. The number of carbonyl (C=O) groups is 1. The van der Waals surface area contributed by atoms with Gasteiger partial charge in [-0.3, -0.25) is 10.1 Å². The summed E-state index contributed by atoms with van der Waals surface area (Å²) in [5.41, 5.74) is 2.93. The summed E-state index contributed by atoms with van der Waals surface area (Å²) in [4.78, 5) is 20.4. The third-order valence-electron chi connectivity index (χ3n) is 3.39. The number of nitrogens with one attached hydrogen (secondary N) is 2. The molecule has 2 N–H and O–H groups in total. The maximum Gasteiger partial charge on any atom is 0.267 e. The van der Waals surface area contributed by atoms with Crippen LogP contribution in [0.1, 0.15) is 9.67 Å². The molecule has 0 aliphatic carbocycles. The number of benzene rings is 1. The van der Waals surface area contributed by atoms with E-state index in [0.29, 0.717) is 14.3 Å². The van der Waals surface area contributed by atoms with E-state index in [1.165, 1.54) is 22.7 Å². The summed E-state index contributed by atoms with van der Waals surface area (Å²) in [5.74, 6) is -0.193. The van der Waals surface area contributed by atoms with Gasteiger partial charge in [0.05, 0.1) is 14.9 Å². The molecule has 0 saturated carbocycles. The second kappa shape index (κ2) is 5.81. The molecule has 1 amide bonds. The summed E-state index contributed by atoms with van der Waals surface area (Å²) in [6, 6.07) is 11.5.